The first-order valence-electron chi connectivity index (χ1n) is 5.28. The van der Waals surface area contributed by atoms with Gasteiger partial charge in [-0.1, -0.05) is 0 Å². The van der Waals surface area contributed by atoms with E-state index in [1.807, 2.05) is 13.0 Å². The lowest BCUT2D eigenvalue weighted by molar-refractivity contribution is -0.111. The summed E-state index contributed by atoms with van der Waals surface area (Å²) in [5.41, 5.74) is 0.966. The van der Waals surface area contributed by atoms with Crippen LogP contribution < -0.4 is 4.90 Å². The first-order valence-corrected chi connectivity index (χ1v) is 5.28. The predicted octanol–water partition coefficient (Wildman–Crippen LogP) is 1.20. The van der Waals surface area contributed by atoms with Gasteiger partial charge in [-0.2, -0.15) is 0 Å². The summed E-state index contributed by atoms with van der Waals surface area (Å²) >= 11 is 0. The number of aldehydes is 1. The molecule has 4 heteroatoms. The average molecular weight is 205 g/mol. The number of nitrogens with zero attached hydrogens (tertiary/aromatic N) is 3. The van der Waals surface area contributed by atoms with Gasteiger partial charge in [0.1, 0.15) is 18.4 Å². The minimum absolute atomic E-state index is 0.161. The van der Waals surface area contributed by atoms with Crippen LogP contribution in [0.3, 0.4) is 0 Å². The van der Waals surface area contributed by atoms with Gasteiger partial charge in [-0.05, 0) is 19.8 Å². The molecule has 1 aliphatic rings. The molecule has 0 amide bonds. The molecule has 4 nitrogen and oxygen atoms in total. The van der Waals surface area contributed by atoms with Crippen LogP contribution >= 0.6 is 0 Å². The fraction of sp³-hybridized carbons (Fsp3) is 0.545. The molecule has 1 unspecified atom stereocenters. The van der Waals surface area contributed by atoms with E-state index in [4.69, 9.17) is 0 Å². The van der Waals surface area contributed by atoms with Crippen molar-refractivity contribution in [2.24, 2.45) is 5.92 Å². The lowest BCUT2D eigenvalue weighted by atomic mass is 10.00. The van der Waals surface area contributed by atoms with E-state index >= 15 is 0 Å². The summed E-state index contributed by atoms with van der Waals surface area (Å²) in [7, 11) is 0. The van der Waals surface area contributed by atoms with Crippen molar-refractivity contribution >= 4 is 12.1 Å². The van der Waals surface area contributed by atoms with E-state index in [0.29, 0.717) is 0 Å². The highest BCUT2D eigenvalue weighted by Gasteiger charge is 2.20. The lowest BCUT2D eigenvalue weighted by Gasteiger charge is -2.31. The van der Waals surface area contributed by atoms with Crippen molar-refractivity contribution in [3.63, 3.8) is 0 Å². The molecule has 0 saturated carbocycles. The van der Waals surface area contributed by atoms with E-state index in [0.717, 1.165) is 43.7 Å². The van der Waals surface area contributed by atoms with Gasteiger partial charge in [0.2, 0.25) is 0 Å². The van der Waals surface area contributed by atoms with E-state index in [-0.39, 0.29) is 5.92 Å². The van der Waals surface area contributed by atoms with Crippen LogP contribution in [0, 0.1) is 12.8 Å². The Balaban J connectivity index is 2.13. The molecule has 0 N–H and O–H groups in total. The molecular formula is C11H15N3O. The second-order valence-electron chi connectivity index (χ2n) is 4.00. The summed E-state index contributed by atoms with van der Waals surface area (Å²) in [6.45, 7) is 3.73. The Morgan fingerprint density at radius 3 is 3.13 bits per heavy atom. The smallest absolute Gasteiger partial charge is 0.132 e. The van der Waals surface area contributed by atoms with Crippen LogP contribution in [-0.2, 0) is 4.79 Å². The standard InChI is InChI=1S/C11H15N3O/c1-9-5-11(13-8-12-9)14-4-2-3-10(6-14)7-15/h5,7-8,10H,2-4,6H2,1H3. The van der Waals surface area contributed by atoms with Crippen LogP contribution in [0.25, 0.3) is 0 Å². The molecule has 1 aliphatic heterocycles. The van der Waals surface area contributed by atoms with Gasteiger partial charge in [-0.15, -0.1) is 0 Å². The van der Waals surface area contributed by atoms with Crippen molar-refractivity contribution in [3.05, 3.63) is 18.1 Å². The monoisotopic (exact) mass is 205 g/mol. The number of carbonyl (C=O) groups excluding carboxylic acids is 1. The van der Waals surface area contributed by atoms with Crippen molar-refractivity contribution in [2.75, 3.05) is 18.0 Å². The van der Waals surface area contributed by atoms with Gasteiger partial charge in [0.05, 0.1) is 0 Å². The maximum atomic E-state index is 10.7. The van der Waals surface area contributed by atoms with Gasteiger partial charge >= 0.3 is 0 Å². The van der Waals surface area contributed by atoms with Gasteiger partial charge < -0.3 is 9.69 Å². The molecule has 0 bridgehead atoms. The molecule has 2 rings (SSSR count). The van der Waals surface area contributed by atoms with E-state index < -0.39 is 0 Å². The summed E-state index contributed by atoms with van der Waals surface area (Å²) in [5, 5.41) is 0. The number of rotatable bonds is 2. The Hall–Kier alpha value is -1.45. The first kappa shape index (κ1) is 10.1. The molecule has 0 aliphatic carbocycles. The third-order valence-electron chi connectivity index (χ3n) is 2.76. The Morgan fingerprint density at radius 2 is 2.40 bits per heavy atom. The quantitative estimate of drug-likeness (QED) is 0.681. The Kier molecular flexibility index (Phi) is 2.94. The Bertz CT molecular complexity index is 353. The van der Waals surface area contributed by atoms with Crippen molar-refractivity contribution in [1.82, 2.24) is 9.97 Å². The van der Waals surface area contributed by atoms with E-state index in [1.54, 1.807) is 6.33 Å². The van der Waals surface area contributed by atoms with E-state index in [9.17, 15) is 4.79 Å². The van der Waals surface area contributed by atoms with Crippen LogP contribution in [-0.4, -0.2) is 29.3 Å². The Morgan fingerprint density at radius 1 is 1.53 bits per heavy atom. The molecule has 1 fully saturated rings. The number of hydrogen-bond acceptors (Lipinski definition) is 4. The van der Waals surface area contributed by atoms with Gasteiger partial charge in [0, 0.05) is 30.8 Å². The summed E-state index contributed by atoms with van der Waals surface area (Å²) in [6, 6.07) is 1.97. The number of carbonyl (C=O) groups is 1. The zero-order valence-electron chi connectivity index (χ0n) is 8.89. The predicted molar refractivity (Wildman–Crippen MR) is 57.8 cm³/mol. The summed E-state index contributed by atoms with van der Waals surface area (Å²) in [4.78, 5) is 21.2. The molecule has 0 radical (unpaired) electrons. The zero-order valence-corrected chi connectivity index (χ0v) is 8.89. The van der Waals surface area contributed by atoms with E-state index in [2.05, 4.69) is 14.9 Å². The SMILES string of the molecule is Cc1cc(N2CCCC(C=O)C2)ncn1. The highest BCUT2D eigenvalue weighted by Crippen LogP contribution is 2.20. The van der Waals surface area contributed by atoms with Crippen molar-refractivity contribution in [3.8, 4) is 0 Å². The van der Waals surface area contributed by atoms with Crippen LogP contribution in [0.1, 0.15) is 18.5 Å². The third kappa shape index (κ3) is 2.32. The molecule has 1 aromatic rings. The summed E-state index contributed by atoms with van der Waals surface area (Å²) in [5.74, 6) is 1.10. The van der Waals surface area contributed by atoms with Crippen molar-refractivity contribution in [2.45, 2.75) is 19.8 Å². The fourth-order valence-electron chi connectivity index (χ4n) is 1.94. The second-order valence-corrected chi connectivity index (χ2v) is 4.00. The normalized spacial score (nSPS) is 21.4. The van der Waals surface area contributed by atoms with Crippen molar-refractivity contribution in [1.29, 1.82) is 0 Å². The number of piperidine rings is 1. The van der Waals surface area contributed by atoms with Gasteiger partial charge in [-0.25, -0.2) is 9.97 Å². The third-order valence-corrected chi connectivity index (χ3v) is 2.76. The largest absolute Gasteiger partial charge is 0.356 e. The Labute approximate surface area is 89.3 Å². The van der Waals surface area contributed by atoms with Gasteiger partial charge in [0.15, 0.2) is 0 Å². The molecule has 80 valence electrons. The maximum absolute atomic E-state index is 10.7. The minimum atomic E-state index is 0.161. The molecule has 1 atom stereocenters. The average Bonchev–Trinajstić information content (AvgIpc) is 2.29. The summed E-state index contributed by atoms with van der Waals surface area (Å²) < 4.78 is 0. The second kappa shape index (κ2) is 4.38. The lowest BCUT2D eigenvalue weighted by Crippen LogP contribution is -2.36. The van der Waals surface area contributed by atoms with Gasteiger partial charge in [-0.3, -0.25) is 0 Å². The van der Waals surface area contributed by atoms with E-state index in [1.165, 1.54) is 0 Å². The highest BCUT2D eigenvalue weighted by atomic mass is 16.1. The first-order chi connectivity index (χ1) is 7.29. The molecule has 1 saturated heterocycles. The molecular weight excluding hydrogens is 190 g/mol. The van der Waals surface area contributed by atoms with Crippen LogP contribution in [0.4, 0.5) is 5.82 Å². The molecule has 2 heterocycles. The molecule has 1 aromatic heterocycles. The topological polar surface area (TPSA) is 46.1 Å². The van der Waals surface area contributed by atoms with Crippen LogP contribution in [0.2, 0.25) is 0 Å². The molecule has 0 spiro atoms. The zero-order chi connectivity index (χ0) is 10.7. The van der Waals surface area contributed by atoms with Crippen LogP contribution in [0.15, 0.2) is 12.4 Å². The number of aromatic nitrogens is 2. The maximum Gasteiger partial charge on any atom is 0.132 e. The van der Waals surface area contributed by atoms with Crippen LogP contribution in [0.5, 0.6) is 0 Å². The number of aryl methyl sites for hydroxylation is 1. The number of anilines is 1. The van der Waals surface area contributed by atoms with Crippen molar-refractivity contribution < 1.29 is 4.79 Å². The summed E-state index contributed by atoms with van der Waals surface area (Å²) in [6.07, 6.45) is 4.70. The fourth-order valence-corrected chi connectivity index (χ4v) is 1.94. The minimum Gasteiger partial charge on any atom is -0.356 e. The molecule has 0 aromatic carbocycles. The highest BCUT2D eigenvalue weighted by molar-refractivity contribution is 5.56. The van der Waals surface area contributed by atoms with Gasteiger partial charge in [0.25, 0.3) is 0 Å². The molecule has 15 heavy (non-hydrogen) atoms. The number of hydrogen-bond donors (Lipinski definition) is 0.